The Morgan fingerprint density at radius 2 is 1.57 bits per heavy atom. The smallest absolute Gasteiger partial charge is 0.162 e. The van der Waals surface area contributed by atoms with Crippen LogP contribution < -0.4 is 5.73 Å². The zero-order chi connectivity index (χ0) is 14.7. The third-order valence-electron chi connectivity index (χ3n) is 3.44. The maximum Gasteiger partial charge on any atom is 0.162 e. The van der Waals surface area contributed by atoms with E-state index in [0.717, 1.165) is 23.2 Å². The first kappa shape index (κ1) is 13.3. The molecular formula is C18H17N3. The van der Waals surface area contributed by atoms with Crippen molar-refractivity contribution in [3.63, 3.8) is 0 Å². The minimum absolute atomic E-state index is 0.485. The predicted octanol–water partition coefficient (Wildman–Crippen LogP) is 3.96. The first-order valence-electron chi connectivity index (χ1n) is 7.05. The molecule has 2 aromatic carbocycles. The Morgan fingerprint density at radius 3 is 2.24 bits per heavy atom. The van der Waals surface area contributed by atoms with Gasteiger partial charge in [-0.05, 0) is 12.0 Å². The van der Waals surface area contributed by atoms with Gasteiger partial charge in [0.2, 0.25) is 0 Å². The third kappa shape index (κ3) is 2.92. The number of benzene rings is 2. The minimum Gasteiger partial charge on any atom is -0.384 e. The highest BCUT2D eigenvalue weighted by Gasteiger charge is 2.07. The fourth-order valence-electron chi connectivity index (χ4n) is 2.24. The third-order valence-corrected chi connectivity index (χ3v) is 3.44. The highest BCUT2D eigenvalue weighted by Crippen LogP contribution is 2.23. The molecule has 21 heavy (non-hydrogen) atoms. The average Bonchev–Trinajstić information content (AvgIpc) is 2.55. The predicted molar refractivity (Wildman–Crippen MR) is 86.7 cm³/mol. The van der Waals surface area contributed by atoms with E-state index in [0.29, 0.717) is 11.6 Å². The highest BCUT2D eigenvalue weighted by atomic mass is 14.9. The van der Waals surface area contributed by atoms with Crippen molar-refractivity contribution in [3.8, 4) is 22.6 Å². The van der Waals surface area contributed by atoms with Gasteiger partial charge in [-0.25, -0.2) is 9.97 Å². The minimum atomic E-state index is 0.485. The molecule has 0 aliphatic carbocycles. The van der Waals surface area contributed by atoms with Gasteiger partial charge in [0.25, 0.3) is 0 Å². The van der Waals surface area contributed by atoms with E-state index >= 15 is 0 Å². The molecular weight excluding hydrogens is 258 g/mol. The number of anilines is 1. The second-order valence-corrected chi connectivity index (χ2v) is 4.92. The van der Waals surface area contributed by atoms with Gasteiger partial charge in [-0.1, -0.05) is 61.5 Å². The average molecular weight is 275 g/mol. The van der Waals surface area contributed by atoms with E-state index in [1.807, 2.05) is 42.5 Å². The molecule has 0 atom stereocenters. The Morgan fingerprint density at radius 1 is 0.857 bits per heavy atom. The Bertz CT molecular complexity index is 734. The maximum absolute atomic E-state index is 5.94. The number of rotatable bonds is 3. The molecule has 2 N–H and O–H groups in total. The summed E-state index contributed by atoms with van der Waals surface area (Å²) >= 11 is 0. The number of nitrogens with two attached hydrogens (primary N) is 1. The summed E-state index contributed by atoms with van der Waals surface area (Å²) in [5, 5.41) is 0. The van der Waals surface area contributed by atoms with Gasteiger partial charge in [-0.15, -0.1) is 0 Å². The topological polar surface area (TPSA) is 51.8 Å². The summed E-state index contributed by atoms with van der Waals surface area (Å²) in [4.78, 5) is 8.99. The lowest BCUT2D eigenvalue weighted by molar-refractivity contribution is 1.13. The van der Waals surface area contributed by atoms with Gasteiger partial charge in [-0.3, -0.25) is 0 Å². The van der Waals surface area contributed by atoms with E-state index in [2.05, 4.69) is 29.0 Å². The fraction of sp³-hybridized carbons (Fsp3) is 0.111. The van der Waals surface area contributed by atoms with E-state index in [1.165, 1.54) is 5.56 Å². The standard InChI is InChI=1S/C18H17N3/c1-2-13-8-10-15(11-9-13)18-20-16(12-17(19)21-18)14-6-4-3-5-7-14/h3-12H,2H2,1H3,(H2,19,20,21). The molecule has 0 aliphatic rings. The Kier molecular flexibility index (Phi) is 3.65. The van der Waals surface area contributed by atoms with Crippen molar-refractivity contribution in [1.29, 1.82) is 0 Å². The van der Waals surface area contributed by atoms with Crippen LogP contribution in [0, 0.1) is 0 Å². The summed E-state index contributed by atoms with van der Waals surface area (Å²) in [5.41, 5.74) is 10.1. The van der Waals surface area contributed by atoms with Gasteiger partial charge in [-0.2, -0.15) is 0 Å². The van der Waals surface area contributed by atoms with Crippen molar-refractivity contribution >= 4 is 5.82 Å². The summed E-state index contributed by atoms with van der Waals surface area (Å²) in [7, 11) is 0. The van der Waals surface area contributed by atoms with Crippen molar-refractivity contribution in [3.05, 3.63) is 66.2 Å². The molecule has 0 saturated carbocycles. The van der Waals surface area contributed by atoms with Crippen molar-refractivity contribution in [2.24, 2.45) is 0 Å². The molecule has 0 saturated heterocycles. The summed E-state index contributed by atoms with van der Waals surface area (Å²) in [5.74, 6) is 1.15. The summed E-state index contributed by atoms with van der Waals surface area (Å²) < 4.78 is 0. The van der Waals surface area contributed by atoms with Crippen LogP contribution >= 0.6 is 0 Å². The van der Waals surface area contributed by atoms with Gasteiger partial charge in [0.15, 0.2) is 5.82 Å². The van der Waals surface area contributed by atoms with E-state index in [1.54, 1.807) is 6.07 Å². The van der Waals surface area contributed by atoms with Crippen molar-refractivity contribution in [1.82, 2.24) is 9.97 Å². The summed E-state index contributed by atoms with van der Waals surface area (Å²) in [6.45, 7) is 2.14. The molecule has 0 amide bonds. The van der Waals surface area contributed by atoms with Crippen LogP contribution in [0.3, 0.4) is 0 Å². The lowest BCUT2D eigenvalue weighted by Gasteiger charge is -2.07. The van der Waals surface area contributed by atoms with Gasteiger partial charge in [0, 0.05) is 17.2 Å². The lowest BCUT2D eigenvalue weighted by atomic mass is 10.1. The zero-order valence-corrected chi connectivity index (χ0v) is 12.0. The number of nitrogen functional groups attached to an aromatic ring is 1. The van der Waals surface area contributed by atoms with Crippen LogP contribution in [-0.4, -0.2) is 9.97 Å². The van der Waals surface area contributed by atoms with Gasteiger partial charge >= 0.3 is 0 Å². The normalized spacial score (nSPS) is 10.5. The molecule has 3 rings (SSSR count). The second-order valence-electron chi connectivity index (χ2n) is 4.92. The molecule has 0 bridgehead atoms. The van der Waals surface area contributed by atoms with E-state index in [9.17, 15) is 0 Å². The van der Waals surface area contributed by atoms with Crippen LogP contribution in [0.25, 0.3) is 22.6 Å². The summed E-state index contributed by atoms with van der Waals surface area (Å²) in [6, 6.07) is 20.1. The number of aromatic nitrogens is 2. The molecule has 3 aromatic rings. The van der Waals surface area contributed by atoms with Crippen LogP contribution in [0.1, 0.15) is 12.5 Å². The molecule has 1 heterocycles. The van der Waals surface area contributed by atoms with Gasteiger partial charge in [0.05, 0.1) is 5.69 Å². The van der Waals surface area contributed by atoms with E-state index in [-0.39, 0.29) is 0 Å². The monoisotopic (exact) mass is 275 g/mol. The second kappa shape index (κ2) is 5.75. The van der Waals surface area contributed by atoms with Crippen LogP contribution in [-0.2, 0) is 6.42 Å². The number of nitrogens with zero attached hydrogens (tertiary/aromatic N) is 2. The molecule has 0 radical (unpaired) electrons. The first-order chi connectivity index (χ1) is 10.3. The quantitative estimate of drug-likeness (QED) is 0.787. The van der Waals surface area contributed by atoms with Gasteiger partial charge in [0.1, 0.15) is 5.82 Å². The molecule has 0 fully saturated rings. The first-order valence-corrected chi connectivity index (χ1v) is 7.05. The maximum atomic E-state index is 5.94. The largest absolute Gasteiger partial charge is 0.384 e. The molecule has 0 unspecified atom stereocenters. The number of aryl methyl sites for hydroxylation is 1. The van der Waals surface area contributed by atoms with Crippen LogP contribution in [0.15, 0.2) is 60.7 Å². The fourth-order valence-corrected chi connectivity index (χ4v) is 2.24. The van der Waals surface area contributed by atoms with Crippen molar-refractivity contribution < 1.29 is 0 Å². The molecule has 0 aliphatic heterocycles. The van der Waals surface area contributed by atoms with Gasteiger partial charge < -0.3 is 5.73 Å². The van der Waals surface area contributed by atoms with Crippen LogP contribution in [0.4, 0.5) is 5.82 Å². The molecule has 3 heteroatoms. The Hall–Kier alpha value is -2.68. The molecule has 104 valence electrons. The lowest BCUT2D eigenvalue weighted by Crippen LogP contribution is -1.98. The molecule has 1 aromatic heterocycles. The SMILES string of the molecule is CCc1ccc(-c2nc(N)cc(-c3ccccc3)n2)cc1. The van der Waals surface area contributed by atoms with Crippen molar-refractivity contribution in [2.45, 2.75) is 13.3 Å². The van der Waals surface area contributed by atoms with Crippen LogP contribution in [0.5, 0.6) is 0 Å². The van der Waals surface area contributed by atoms with Crippen molar-refractivity contribution in [2.75, 3.05) is 5.73 Å². The zero-order valence-electron chi connectivity index (χ0n) is 12.0. The molecule has 3 nitrogen and oxygen atoms in total. The Balaban J connectivity index is 2.05. The Labute approximate surface area is 124 Å². The molecule has 0 spiro atoms. The number of hydrogen-bond donors (Lipinski definition) is 1. The van der Waals surface area contributed by atoms with E-state index < -0.39 is 0 Å². The number of hydrogen-bond acceptors (Lipinski definition) is 3. The summed E-state index contributed by atoms with van der Waals surface area (Å²) in [6.07, 6.45) is 1.02. The highest BCUT2D eigenvalue weighted by molar-refractivity contribution is 5.66. The van der Waals surface area contributed by atoms with Crippen LogP contribution in [0.2, 0.25) is 0 Å². The van der Waals surface area contributed by atoms with E-state index in [4.69, 9.17) is 5.73 Å².